The molecule has 3 aliphatic carbocycles. The zero-order chi connectivity index (χ0) is 39.8. The van der Waals surface area contributed by atoms with Crippen molar-refractivity contribution in [2.45, 2.75) is 44.4 Å². The molecule has 5 aromatic carbocycles. The van der Waals surface area contributed by atoms with Crippen molar-refractivity contribution in [1.82, 2.24) is 19.1 Å². The molecule has 12 rings (SSSR count). The maximum absolute atomic E-state index is 5.08. The Balaban J connectivity index is 0.983. The van der Waals surface area contributed by atoms with Gasteiger partial charge in [-0.25, -0.2) is 0 Å². The van der Waals surface area contributed by atoms with Gasteiger partial charge >= 0.3 is 0 Å². The van der Waals surface area contributed by atoms with E-state index in [4.69, 9.17) is 9.97 Å². The molecule has 0 saturated carbocycles. The van der Waals surface area contributed by atoms with E-state index in [2.05, 4.69) is 180 Å². The summed E-state index contributed by atoms with van der Waals surface area (Å²) in [7, 11) is 0. The first-order chi connectivity index (χ1) is 29.7. The summed E-state index contributed by atoms with van der Waals surface area (Å²) in [6.45, 7) is 2.28. The highest BCUT2D eigenvalue weighted by atomic mass is 15.0. The van der Waals surface area contributed by atoms with Crippen LogP contribution in [0, 0.1) is 5.92 Å². The maximum atomic E-state index is 5.08. The number of hydrogen-bond acceptors (Lipinski definition) is 2. The number of nitrogens with zero attached hydrogens (tertiary/aromatic N) is 4. The molecule has 4 heteroatoms. The Morgan fingerprint density at radius 3 is 2.17 bits per heavy atom. The molecule has 0 radical (unpaired) electrons. The smallest absolute Gasteiger partial charge is 0.0959 e. The van der Waals surface area contributed by atoms with Gasteiger partial charge in [-0.3, -0.25) is 9.97 Å². The van der Waals surface area contributed by atoms with Gasteiger partial charge in [-0.2, -0.15) is 0 Å². The highest BCUT2D eigenvalue weighted by molar-refractivity contribution is 6.11. The van der Waals surface area contributed by atoms with E-state index in [1.165, 1.54) is 83.2 Å². The molecule has 0 fully saturated rings. The van der Waals surface area contributed by atoms with Crippen LogP contribution in [-0.2, 0) is 18.3 Å². The Morgan fingerprint density at radius 1 is 0.650 bits per heavy atom. The van der Waals surface area contributed by atoms with Crippen LogP contribution in [0.1, 0.15) is 54.1 Å². The summed E-state index contributed by atoms with van der Waals surface area (Å²) in [6, 6.07) is 51.8. The van der Waals surface area contributed by atoms with E-state index in [9.17, 15) is 0 Å². The van der Waals surface area contributed by atoms with Crippen LogP contribution in [0.25, 0.3) is 72.7 Å². The van der Waals surface area contributed by atoms with E-state index in [0.717, 1.165) is 49.0 Å². The highest BCUT2D eigenvalue weighted by Gasteiger charge is 2.44. The van der Waals surface area contributed by atoms with Crippen LogP contribution in [0.2, 0.25) is 0 Å². The van der Waals surface area contributed by atoms with Gasteiger partial charge in [0.15, 0.2) is 0 Å². The second-order valence-electron chi connectivity index (χ2n) is 16.8. The predicted molar refractivity (Wildman–Crippen MR) is 248 cm³/mol. The molecule has 4 aromatic heterocycles. The molecule has 3 aliphatic rings. The minimum absolute atomic E-state index is 0.336. The molecule has 0 spiro atoms. The number of rotatable bonds is 6. The molecule has 0 bridgehead atoms. The van der Waals surface area contributed by atoms with Crippen molar-refractivity contribution in [3.8, 4) is 33.8 Å². The van der Waals surface area contributed by atoms with Gasteiger partial charge in [0.2, 0.25) is 0 Å². The van der Waals surface area contributed by atoms with E-state index in [1.54, 1.807) is 0 Å². The first kappa shape index (κ1) is 35.0. The number of hydrogen-bond donors (Lipinski definition) is 0. The van der Waals surface area contributed by atoms with Gasteiger partial charge in [0.25, 0.3) is 0 Å². The highest BCUT2D eigenvalue weighted by Crippen LogP contribution is 2.53. The average Bonchev–Trinajstić information content (AvgIpc) is 3.83. The fraction of sp³-hybridized carbons (Fsp3) is 0.143. The molecule has 2 atom stereocenters. The van der Waals surface area contributed by atoms with E-state index in [-0.39, 0.29) is 5.41 Å². The summed E-state index contributed by atoms with van der Waals surface area (Å²) in [4.78, 5) is 9.90. The third-order valence-corrected chi connectivity index (χ3v) is 13.6. The fourth-order valence-electron chi connectivity index (χ4n) is 10.7. The van der Waals surface area contributed by atoms with Crippen LogP contribution >= 0.6 is 0 Å². The molecular formula is C56H44N4. The molecule has 0 amide bonds. The topological polar surface area (TPSA) is 35.6 Å². The van der Waals surface area contributed by atoms with Crippen LogP contribution in [-0.4, -0.2) is 19.1 Å². The van der Waals surface area contributed by atoms with Crippen molar-refractivity contribution in [2.24, 2.45) is 5.92 Å². The summed E-state index contributed by atoms with van der Waals surface area (Å²) in [5.74, 6) is 0.547. The van der Waals surface area contributed by atoms with E-state index >= 15 is 0 Å². The van der Waals surface area contributed by atoms with Gasteiger partial charge in [-0.15, -0.1) is 0 Å². The lowest BCUT2D eigenvalue weighted by molar-refractivity contribution is 0.597. The number of pyridine rings is 2. The van der Waals surface area contributed by atoms with Gasteiger partial charge < -0.3 is 9.13 Å². The number of allylic oxidation sites excluding steroid dienone is 5. The summed E-state index contributed by atoms with van der Waals surface area (Å²) in [5, 5.41) is 2.52. The zero-order valence-electron chi connectivity index (χ0n) is 33.7. The molecule has 0 aliphatic heterocycles. The second kappa shape index (κ2) is 13.8. The number of benzene rings is 5. The SMILES string of the molecule is CCC1C=Cc2c(n(-c3ccc(-c4ccc(-n5c6ccccc6c6cc7c(cc65)-c5ncccc5CC7(C5=CCCC=C5)c5ccccc5)cc4)cc3)c3cccnc23)C1. The normalized spacial score (nSPS) is 18.1. The van der Waals surface area contributed by atoms with Crippen LogP contribution in [0.3, 0.4) is 0 Å². The average molecular weight is 773 g/mol. The number of fused-ring (bicyclic) bond motifs is 9. The van der Waals surface area contributed by atoms with Crippen molar-refractivity contribution >= 4 is 38.9 Å². The van der Waals surface area contributed by atoms with Crippen molar-refractivity contribution in [1.29, 1.82) is 0 Å². The monoisotopic (exact) mass is 772 g/mol. The third-order valence-electron chi connectivity index (χ3n) is 13.6. The summed E-state index contributed by atoms with van der Waals surface area (Å²) in [6.07, 6.45) is 20.9. The molecule has 60 heavy (non-hydrogen) atoms. The lowest BCUT2D eigenvalue weighted by atomic mass is 9.60. The van der Waals surface area contributed by atoms with Crippen LogP contribution in [0.15, 0.2) is 182 Å². The lowest BCUT2D eigenvalue weighted by Gasteiger charge is -2.42. The van der Waals surface area contributed by atoms with Crippen molar-refractivity contribution in [3.63, 3.8) is 0 Å². The minimum Gasteiger partial charge on any atom is -0.311 e. The zero-order valence-corrected chi connectivity index (χ0v) is 33.7. The lowest BCUT2D eigenvalue weighted by Crippen LogP contribution is -2.36. The molecule has 4 heterocycles. The summed E-state index contributed by atoms with van der Waals surface area (Å²) in [5.41, 5.74) is 19.2. The largest absolute Gasteiger partial charge is 0.311 e. The van der Waals surface area contributed by atoms with Gasteiger partial charge in [-0.1, -0.05) is 116 Å². The van der Waals surface area contributed by atoms with Crippen molar-refractivity contribution < 1.29 is 0 Å². The Bertz CT molecular complexity index is 3230. The van der Waals surface area contributed by atoms with Gasteiger partial charge in [0.1, 0.15) is 0 Å². The maximum Gasteiger partial charge on any atom is 0.0959 e. The number of para-hydroxylation sites is 1. The molecule has 0 saturated heterocycles. The van der Waals surface area contributed by atoms with E-state index in [0.29, 0.717) is 5.92 Å². The quantitative estimate of drug-likeness (QED) is 0.169. The molecule has 9 aromatic rings. The second-order valence-corrected chi connectivity index (χ2v) is 16.8. The van der Waals surface area contributed by atoms with Gasteiger partial charge in [-0.05, 0) is 132 Å². The van der Waals surface area contributed by atoms with Crippen molar-refractivity contribution in [2.75, 3.05) is 0 Å². The van der Waals surface area contributed by atoms with Crippen LogP contribution in [0.5, 0.6) is 0 Å². The summed E-state index contributed by atoms with van der Waals surface area (Å²) < 4.78 is 4.88. The Morgan fingerprint density at radius 2 is 1.38 bits per heavy atom. The minimum atomic E-state index is -0.336. The van der Waals surface area contributed by atoms with E-state index in [1.807, 2.05) is 18.5 Å². The third kappa shape index (κ3) is 5.23. The van der Waals surface area contributed by atoms with Crippen molar-refractivity contribution in [3.05, 3.63) is 210 Å². The summed E-state index contributed by atoms with van der Waals surface area (Å²) >= 11 is 0. The molecule has 4 nitrogen and oxygen atoms in total. The first-order valence-corrected chi connectivity index (χ1v) is 21.5. The molecule has 2 unspecified atom stereocenters. The Labute approximate surface area is 350 Å². The van der Waals surface area contributed by atoms with E-state index < -0.39 is 0 Å². The van der Waals surface area contributed by atoms with Gasteiger partial charge in [0.05, 0.1) is 27.8 Å². The Kier molecular flexibility index (Phi) is 8.03. The Hall–Kier alpha value is -7.04. The van der Waals surface area contributed by atoms with Crippen LogP contribution < -0.4 is 0 Å². The molecule has 288 valence electrons. The first-order valence-electron chi connectivity index (χ1n) is 21.5. The van der Waals surface area contributed by atoms with Gasteiger partial charge in [0, 0.05) is 56.8 Å². The fourth-order valence-corrected chi connectivity index (χ4v) is 10.7. The molecule has 0 N–H and O–H groups in total. The van der Waals surface area contributed by atoms with Crippen LogP contribution in [0.4, 0.5) is 0 Å². The predicted octanol–water partition coefficient (Wildman–Crippen LogP) is 13.6. The number of aromatic nitrogens is 4. The standard InChI is InChI=1S/C56H44N4/c1-2-37-21-30-46-52(33-37)60(51-20-12-32-58-55(46)51)44-28-24-39(25-29-44)38-22-26-43(27-23-38)59-50-19-10-9-18-45(50)47-34-49-48(35-53(47)59)54-40(13-11-31-57-54)36-56(49,41-14-5-3-6-15-41)42-16-7-4-8-17-42/h3,5-7,9-32,34-35,37H,2,4,8,33,36H2,1H3. The molecular weight excluding hydrogens is 729 g/mol.